The van der Waals surface area contributed by atoms with Crippen molar-refractivity contribution in [2.75, 3.05) is 19.6 Å². The van der Waals surface area contributed by atoms with Gasteiger partial charge in [-0.1, -0.05) is 0 Å². The van der Waals surface area contributed by atoms with E-state index in [9.17, 15) is 0 Å². The molecule has 1 aliphatic rings. The van der Waals surface area contributed by atoms with Crippen molar-refractivity contribution < 1.29 is 0 Å². The van der Waals surface area contributed by atoms with E-state index in [1.54, 1.807) is 6.20 Å². The van der Waals surface area contributed by atoms with Gasteiger partial charge in [0.1, 0.15) is 0 Å². The number of nitrogens with two attached hydrogens (primary N) is 1. The Morgan fingerprint density at radius 2 is 2.50 bits per heavy atom. The average molecular weight is 139 g/mol. The third kappa shape index (κ3) is 2.19. The molecule has 0 fully saturated rings. The van der Waals surface area contributed by atoms with Crippen LogP contribution < -0.4 is 5.73 Å². The first-order valence-electron chi connectivity index (χ1n) is 3.56. The molecule has 3 nitrogen and oxygen atoms in total. The molecule has 1 heterocycles. The van der Waals surface area contributed by atoms with Crippen molar-refractivity contribution >= 4 is 6.21 Å². The van der Waals surface area contributed by atoms with Gasteiger partial charge in [0.25, 0.3) is 0 Å². The topological polar surface area (TPSA) is 41.6 Å². The fraction of sp³-hybridized carbons (Fsp3) is 0.571. The monoisotopic (exact) mass is 139 g/mol. The standard InChI is InChI=1S/C7H13N3/c8-2-1-5-10-6-3-9-4-7-10/h3-4,6H,1-2,5,7-8H2. The quantitative estimate of drug-likeness (QED) is 0.606. The van der Waals surface area contributed by atoms with Gasteiger partial charge in [0.2, 0.25) is 0 Å². The van der Waals surface area contributed by atoms with Crippen LogP contribution >= 0.6 is 0 Å². The SMILES string of the molecule is NCCCN1C=CN=CC1. The molecule has 0 atom stereocenters. The zero-order chi connectivity index (χ0) is 7.23. The van der Waals surface area contributed by atoms with Gasteiger partial charge in [-0.25, -0.2) is 0 Å². The van der Waals surface area contributed by atoms with E-state index in [-0.39, 0.29) is 0 Å². The lowest BCUT2D eigenvalue weighted by molar-refractivity contribution is 0.418. The van der Waals surface area contributed by atoms with Crippen LogP contribution in [0.4, 0.5) is 0 Å². The molecule has 0 aromatic heterocycles. The first-order valence-corrected chi connectivity index (χ1v) is 3.56. The Kier molecular flexibility index (Phi) is 2.96. The van der Waals surface area contributed by atoms with Gasteiger partial charge < -0.3 is 10.6 Å². The molecule has 0 aromatic rings. The summed E-state index contributed by atoms with van der Waals surface area (Å²) in [5.74, 6) is 0. The molecule has 0 aliphatic carbocycles. The number of hydrogen-bond donors (Lipinski definition) is 1. The molecule has 0 bridgehead atoms. The maximum absolute atomic E-state index is 5.36. The maximum Gasteiger partial charge on any atom is 0.0527 e. The van der Waals surface area contributed by atoms with Gasteiger partial charge in [-0.15, -0.1) is 0 Å². The third-order valence-electron chi connectivity index (χ3n) is 1.43. The van der Waals surface area contributed by atoms with Gasteiger partial charge in [0.05, 0.1) is 6.54 Å². The molecule has 1 rings (SSSR count). The zero-order valence-corrected chi connectivity index (χ0v) is 6.03. The number of aliphatic imine (C=N–C) groups is 1. The van der Waals surface area contributed by atoms with Gasteiger partial charge in [-0.3, -0.25) is 4.99 Å². The summed E-state index contributed by atoms with van der Waals surface area (Å²) in [5.41, 5.74) is 5.36. The zero-order valence-electron chi connectivity index (χ0n) is 6.03. The van der Waals surface area contributed by atoms with Crippen LogP contribution in [0, 0.1) is 0 Å². The van der Waals surface area contributed by atoms with Crippen LogP contribution in [0.1, 0.15) is 6.42 Å². The van der Waals surface area contributed by atoms with Gasteiger partial charge in [0.15, 0.2) is 0 Å². The summed E-state index contributed by atoms with van der Waals surface area (Å²) < 4.78 is 0. The molecular formula is C7H13N3. The summed E-state index contributed by atoms with van der Waals surface area (Å²) in [4.78, 5) is 6.15. The Morgan fingerprint density at radius 1 is 1.60 bits per heavy atom. The van der Waals surface area contributed by atoms with E-state index in [1.165, 1.54) is 0 Å². The maximum atomic E-state index is 5.36. The van der Waals surface area contributed by atoms with E-state index < -0.39 is 0 Å². The molecule has 0 aromatic carbocycles. The molecule has 2 N–H and O–H groups in total. The Hall–Kier alpha value is -0.830. The van der Waals surface area contributed by atoms with Crippen molar-refractivity contribution in [3.8, 4) is 0 Å². The van der Waals surface area contributed by atoms with Crippen LogP contribution in [0.5, 0.6) is 0 Å². The third-order valence-corrected chi connectivity index (χ3v) is 1.43. The van der Waals surface area contributed by atoms with Gasteiger partial charge in [0, 0.05) is 25.2 Å². The minimum absolute atomic E-state index is 0.765. The lowest BCUT2D eigenvalue weighted by Gasteiger charge is -2.18. The fourth-order valence-corrected chi connectivity index (χ4v) is 0.867. The minimum Gasteiger partial charge on any atom is -0.371 e. The lowest BCUT2D eigenvalue weighted by Crippen LogP contribution is -2.24. The number of hydrogen-bond acceptors (Lipinski definition) is 3. The Morgan fingerprint density at radius 3 is 3.10 bits per heavy atom. The molecule has 0 saturated heterocycles. The minimum atomic E-state index is 0.765. The van der Waals surface area contributed by atoms with Crippen molar-refractivity contribution in [2.24, 2.45) is 10.7 Å². The van der Waals surface area contributed by atoms with Crippen molar-refractivity contribution in [3.05, 3.63) is 12.4 Å². The molecule has 0 amide bonds. The number of nitrogens with zero attached hydrogens (tertiary/aromatic N) is 2. The summed E-state index contributed by atoms with van der Waals surface area (Å²) in [7, 11) is 0. The van der Waals surface area contributed by atoms with Gasteiger partial charge in [-0.05, 0) is 13.0 Å². The summed E-state index contributed by atoms with van der Waals surface area (Å²) in [6.45, 7) is 2.73. The summed E-state index contributed by atoms with van der Waals surface area (Å²) in [5, 5.41) is 0. The molecule has 0 spiro atoms. The molecule has 3 heteroatoms. The Balaban J connectivity index is 2.17. The fourth-order valence-electron chi connectivity index (χ4n) is 0.867. The molecular weight excluding hydrogens is 126 g/mol. The second-order valence-corrected chi connectivity index (χ2v) is 2.27. The smallest absolute Gasteiger partial charge is 0.0527 e. The highest BCUT2D eigenvalue weighted by molar-refractivity contribution is 5.61. The lowest BCUT2D eigenvalue weighted by atomic mass is 10.4. The van der Waals surface area contributed by atoms with Crippen LogP contribution in [0.2, 0.25) is 0 Å². The van der Waals surface area contributed by atoms with Crippen molar-refractivity contribution in [2.45, 2.75) is 6.42 Å². The molecule has 10 heavy (non-hydrogen) atoms. The molecule has 0 radical (unpaired) electrons. The van der Waals surface area contributed by atoms with Crippen LogP contribution in [-0.2, 0) is 0 Å². The van der Waals surface area contributed by atoms with Crippen LogP contribution in [-0.4, -0.2) is 30.7 Å². The number of rotatable bonds is 3. The Bertz CT molecular complexity index is 140. The summed E-state index contributed by atoms with van der Waals surface area (Å²) >= 11 is 0. The van der Waals surface area contributed by atoms with Crippen LogP contribution in [0.3, 0.4) is 0 Å². The second kappa shape index (κ2) is 4.06. The average Bonchev–Trinajstić information content (AvgIpc) is 2.03. The Labute approximate surface area is 61.2 Å². The normalized spacial score (nSPS) is 16.3. The molecule has 1 aliphatic heterocycles. The molecule has 56 valence electrons. The van der Waals surface area contributed by atoms with Gasteiger partial charge in [-0.2, -0.15) is 0 Å². The predicted molar refractivity (Wildman–Crippen MR) is 42.9 cm³/mol. The first kappa shape index (κ1) is 7.28. The van der Waals surface area contributed by atoms with E-state index in [1.807, 2.05) is 12.4 Å². The van der Waals surface area contributed by atoms with E-state index in [2.05, 4.69) is 9.89 Å². The molecule has 0 unspecified atom stereocenters. The van der Waals surface area contributed by atoms with Crippen molar-refractivity contribution in [3.63, 3.8) is 0 Å². The highest BCUT2D eigenvalue weighted by Gasteiger charge is 1.97. The van der Waals surface area contributed by atoms with E-state index in [0.29, 0.717) is 0 Å². The van der Waals surface area contributed by atoms with E-state index >= 15 is 0 Å². The highest BCUT2D eigenvalue weighted by Crippen LogP contribution is 1.94. The second-order valence-electron chi connectivity index (χ2n) is 2.27. The summed E-state index contributed by atoms with van der Waals surface area (Å²) in [6, 6.07) is 0. The van der Waals surface area contributed by atoms with Crippen LogP contribution in [0.15, 0.2) is 17.4 Å². The van der Waals surface area contributed by atoms with Crippen molar-refractivity contribution in [1.29, 1.82) is 0 Å². The van der Waals surface area contributed by atoms with Crippen molar-refractivity contribution in [1.82, 2.24) is 4.90 Å². The van der Waals surface area contributed by atoms with Crippen LogP contribution in [0.25, 0.3) is 0 Å². The first-order chi connectivity index (χ1) is 4.93. The summed E-state index contributed by atoms with van der Waals surface area (Å²) in [6.07, 6.45) is 6.75. The highest BCUT2D eigenvalue weighted by atomic mass is 15.1. The van der Waals surface area contributed by atoms with E-state index in [4.69, 9.17) is 5.73 Å². The largest absolute Gasteiger partial charge is 0.371 e. The molecule has 0 saturated carbocycles. The predicted octanol–water partition coefficient (Wildman–Crippen LogP) is 0.193. The van der Waals surface area contributed by atoms with E-state index in [0.717, 1.165) is 26.1 Å². The van der Waals surface area contributed by atoms with Gasteiger partial charge >= 0.3 is 0 Å².